The minimum absolute atomic E-state index is 0.445. The highest BCUT2D eigenvalue weighted by atomic mass is 15.1. The topological polar surface area (TPSA) is 56.8 Å². The number of likely N-dealkylation sites (tertiary alicyclic amines) is 1. The van der Waals surface area contributed by atoms with Crippen LogP contribution in [-0.4, -0.2) is 39.5 Å². The number of H-pyrrole nitrogens is 1. The molecule has 44 heavy (non-hydrogen) atoms. The summed E-state index contributed by atoms with van der Waals surface area (Å²) in [5, 5.41) is 4.67. The third kappa shape index (κ3) is 9.08. The van der Waals surface area contributed by atoms with Crippen molar-refractivity contribution in [3.8, 4) is 11.8 Å². The first-order valence-electron chi connectivity index (χ1n) is 17.6. The maximum Gasteiger partial charge on any atom is 0.157 e. The Bertz CT molecular complexity index is 1480. The van der Waals surface area contributed by atoms with Crippen LogP contribution in [0.4, 0.5) is 11.5 Å². The number of rotatable bonds is 16. The van der Waals surface area contributed by atoms with Gasteiger partial charge in [-0.1, -0.05) is 95.3 Å². The monoisotopic (exact) mass is 591 g/mol. The molecule has 3 heterocycles. The average molecular weight is 592 g/mol. The summed E-state index contributed by atoms with van der Waals surface area (Å²) in [5.41, 5.74) is 5.01. The highest BCUT2D eigenvalue weighted by Crippen LogP contribution is 2.33. The smallest absolute Gasteiger partial charge is 0.157 e. The predicted molar refractivity (Wildman–Crippen MR) is 188 cm³/mol. The Labute approximate surface area is 265 Å². The lowest BCUT2D eigenvalue weighted by molar-refractivity contribution is 0.224. The summed E-state index contributed by atoms with van der Waals surface area (Å²) in [7, 11) is 0. The second-order valence-electron chi connectivity index (χ2n) is 12.7. The fourth-order valence-electron chi connectivity index (χ4n) is 6.66. The van der Waals surface area contributed by atoms with Crippen molar-refractivity contribution in [1.29, 1.82) is 0 Å². The van der Waals surface area contributed by atoms with Gasteiger partial charge in [0, 0.05) is 29.0 Å². The number of nitrogens with one attached hydrogen (secondary N) is 2. The molecule has 5 nitrogen and oxygen atoms in total. The minimum Gasteiger partial charge on any atom is -0.339 e. The lowest BCUT2D eigenvalue weighted by Gasteiger charge is -2.26. The number of piperidine rings is 1. The van der Waals surface area contributed by atoms with Gasteiger partial charge < -0.3 is 15.2 Å². The van der Waals surface area contributed by atoms with Crippen molar-refractivity contribution < 1.29 is 0 Å². The number of fused-ring (bicyclic) bond motifs is 3. The Morgan fingerprint density at radius 3 is 2.27 bits per heavy atom. The van der Waals surface area contributed by atoms with E-state index in [-0.39, 0.29) is 0 Å². The average Bonchev–Trinajstić information content (AvgIpc) is 3.51. The molecule has 0 atom stereocenters. The molecular formula is C39H53N5. The zero-order valence-corrected chi connectivity index (χ0v) is 27.3. The van der Waals surface area contributed by atoms with Crippen LogP contribution in [0.15, 0.2) is 48.5 Å². The number of hydrogen-bond donors (Lipinski definition) is 2. The molecule has 0 radical (unpaired) electrons. The summed E-state index contributed by atoms with van der Waals surface area (Å²) >= 11 is 0. The van der Waals surface area contributed by atoms with Gasteiger partial charge in [-0.2, -0.15) is 0 Å². The molecular weight excluding hydrogens is 538 g/mol. The number of aromatic amines is 1. The summed E-state index contributed by atoms with van der Waals surface area (Å²) in [6, 6.07) is 16.7. The SMILES string of the molecule is CCCC(CCC)c1nc2c([nH]1)c(Nc1ccc(C#CCCCCCCCCCN3CCCCC3)cc1)nc1ccccc12. The highest BCUT2D eigenvalue weighted by molar-refractivity contribution is 6.07. The second-order valence-corrected chi connectivity index (χ2v) is 12.7. The van der Waals surface area contributed by atoms with E-state index in [2.05, 4.69) is 83.4 Å². The minimum atomic E-state index is 0.445. The number of anilines is 2. The molecule has 1 aliphatic rings. The summed E-state index contributed by atoms with van der Waals surface area (Å²) in [5.74, 6) is 9.11. The molecule has 1 saturated heterocycles. The van der Waals surface area contributed by atoms with Gasteiger partial charge in [-0.05, 0) is 88.5 Å². The van der Waals surface area contributed by atoms with Crippen LogP contribution >= 0.6 is 0 Å². The number of aromatic nitrogens is 3. The van der Waals surface area contributed by atoms with E-state index in [1.54, 1.807) is 0 Å². The van der Waals surface area contributed by atoms with Gasteiger partial charge in [-0.25, -0.2) is 9.97 Å². The van der Waals surface area contributed by atoms with E-state index in [9.17, 15) is 0 Å². The molecule has 0 aliphatic carbocycles. The molecule has 1 aliphatic heterocycles. The molecule has 2 N–H and O–H groups in total. The Hall–Kier alpha value is -3.36. The number of pyridine rings is 1. The van der Waals surface area contributed by atoms with Gasteiger partial charge in [0.25, 0.3) is 0 Å². The largest absolute Gasteiger partial charge is 0.339 e. The van der Waals surface area contributed by atoms with Gasteiger partial charge in [0.2, 0.25) is 0 Å². The van der Waals surface area contributed by atoms with Crippen molar-refractivity contribution >= 4 is 33.4 Å². The molecule has 2 aromatic heterocycles. The van der Waals surface area contributed by atoms with Crippen LogP contribution < -0.4 is 5.32 Å². The van der Waals surface area contributed by atoms with Gasteiger partial charge in [0.15, 0.2) is 5.82 Å². The molecule has 5 rings (SSSR count). The normalized spacial score (nSPS) is 13.9. The van der Waals surface area contributed by atoms with E-state index in [0.29, 0.717) is 5.92 Å². The molecule has 0 spiro atoms. The van der Waals surface area contributed by atoms with Gasteiger partial charge >= 0.3 is 0 Å². The Kier molecular flexibility index (Phi) is 12.5. The van der Waals surface area contributed by atoms with Crippen LogP contribution in [0.3, 0.4) is 0 Å². The summed E-state index contributed by atoms with van der Waals surface area (Å²) in [6.07, 6.45) is 19.2. The van der Waals surface area contributed by atoms with Crippen LogP contribution in [0.2, 0.25) is 0 Å². The lowest BCUT2D eigenvalue weighted by Crippen LogP contribution is -2.30. The zero-order valence-electron chi connectivity index (χ0n) is 27.3. The zero-order chi connectivity index (χ0) is 30.4. The number of para-hydroxylation sites is 1. The molecule has 4 aromatic rings. The maximum absolute atomic E-state index is 5.13. The standard InChI is InChI=1S/C39H53N5/c1-3-19-32(20-4-2)38-42-36-34-22-14-15-23-35(34)41-39(37(36)43-38)40-33-26-24-31(25-27-33)21-13-10-8-6-5-7-9-11-16-28-44-29-17-12-18-30-44/h14-15,22-27,32H,3-12,16-20,28-30H2,1-2H3,(H,40,41)(H,42,43). The van der Waals surface area contributed by atoms with Crippen LogP contribution in [0.1, 0.15) is 127 Å². The molecule has 0 saturated carbocycles. The van der Waals surface area contributed by atoms with Crippen molar-refractivity contribution in [1.82, 2.24) is 19.9 Å². The van der Waals surface area contributed by atoms with E-state index in [1.807, 2.05) is 6.07 Å². The predicted octanol–water partition coefficient (Wildman–Crippen LogP) is 10.5. The number of benzene rings is 2. The summed E-state index contributed by atoms with van der Waals surface area (Å²) in [6.45, 7) is 8.49. The van der Waals surface area contributed by atoms with E-state index in [1.165, 1.54) is 83.8 Å². The van der Waals surface area contributed by atoms with E-state index in [4.69, 9.17) is 9.97 Å². The summed E-state index contributed by atoms with van der Waals surface area (Å²) < 4.78 is 0. The van der Waals surface area contributed by atoms with Gasteiger partial charge in [0.1, 0.15) is 16.9 Å². The molecule has 5 heteroatoms. The summed E-state index contributed by atoms with van der Waals surface area (Å²) in [4.78, 5) is 16.5. The van der Waals surface area contributed by atoms with Gasteiger partial charge in [-0.3, -0.25) is 0 Å². The fourth-order valence-corrected chi connectivity index (χ4v) is 6.66. The number of hydrogen-bond acceptors (Lipinski definition) is 4. The highest BCUT2D eigenvalue weighted by Gasteiger charge is 2.19. The Morgan fingerprint density at radius 1 is 0.818 bits per heavy atom. The fraction of sp³-hybridized carbons (Fsp3) is 0.538. The van der Waals surface area contributed by atoms with E-state index >= 15 is 0 Å². The van der Waals surface area contributed by atoms with Crippen molar-refractivity contribution in [2.45, 2.75) is 116 Å². The van der Waals surface area contributed by atoms with E-state index < -0.39 is 0 Å². The number of nitrogens with zero attached hydrogens (tertiary/aromatic N) is 3. The molecule has 0 unspecified atom stereocenters. The van der Waals surface area contributed by atoms with Crippen LogP contribution in [0.25, 0.3) is 21.9 Å². The van der Waals surface area contributed by atoms with E-state index in [0.717, 1.165) is 76.9 Å². The van der Waals surface area contributed by atoms with Gasteiger partial charge in [-0.15, -0.1) is 0 Å². The Balaban J connectivity index is 1.10. The van der Waals surface area contributed by atoms with Crippen LogP contribution in [0.5, 0.6) is 0 Å². The third-order valence-electron chi connectivity index (χ3n) is 9.12. The second kappa shape index (κ2) is 17.2. The van der Waals surface area contributed by atoms with Gasteiger partial charge in [0.05, 0.1) is 5.52 Å². The van der Waals surface area contributed by atoms with Crippen LogP contribution in [-0.2, 0) is 0 Å². The first-order valence-corrected chi connectivity index (χ1v) is 17.6. The van der Waals surface area contributed by atoms with Crippen molar-refractivity contribution in [2.75, 3.05) is 25.0 Å². The number of imidazole rings is 1. The molecule has 0 amide bonds. The third-order valence-corrected chi connectivity index (χ3v) is 9.12. The Morgan fingerprint density at radius 2 is 1.52 bits per heavy atom. The maximum atomic E-state index is 5.13. The molecule has 234 valence electrons. The van der Waals surface area contributed by atoms with Crippen molar-refractivity contribution in [3.05, 3.63) is 59.9 Å². The molecule has 2 aromatic carbocycles. The molecule has 0 bridgehead atoms. The number of unbranched alkanes of at least 4 members (excludes halogenated alkanes) is 7. The first kappa shape index (κ1) is 32.0. The van der Waals surface area contributed by atoms with Crippen molar-refractivity contribution in [2.24, 2.45) is 0 Å². The first-order chi connectivity index (χ1) is 21.7. The lowest BCUT2D eigenvalue weighted by atomic mass is 9.98. The molecule has 1 fully saturated rings. The quantitative estimate of drug-likeness (QED) is 0.101. The van der Waals surface area contributed by atoms with Crippen LogP contribution in [0, 0.1) is 11.8 Å². The van der Waals surface area contributed by atoms with Crippen molar-refractivity contribution in [3.63, 3.8) is 0 Å².